The van der Waals surface area contributed by atoms with Crippen LogP contribution in [0.15, 0.2) is 22.0 Å². The SMILES string of the molecule is CC(C)c1c(Cl)c(Oc2c(Cl)cc(N3N=C(C#N)C(O)NC3=O)cc2Cl)n[nH]c1=O. The Kier molecular flexibility index (Phi) is 6.19. The van der Waals surface area contributed by atoms with Gasteiger partial charge in [-0.15, -0.1) is 5.10 Å². The lowest BCUT2D eigenvalue weighted by Gasteiger charge is -2.25. The van der Waals surface area contributed by atoms with Gasteiger partial charge in [-0.05, 0) is 18.1 Å². The fourth-order valence-corrected chi connectivity index (χ4v) is 3.52. The van der Waals surface area contributed by atoms with Crippen molar-refractivity contribution in [2.75, 3.05) is 5.01 Å². The van der Waals surface area contributed by atoms with Gasteiger partial charge in [0.05, 0.1) is 15.7 Å². The highest BCUT2D eigenvalue weighted by molar-refractivity contribution is 6.38. The first-order chi connectivity index (χ1) is 14.1. The van der Waals surface area contributed by atoms with Crippen LogP contribution < -0.4 is 20.6 Å². The molecule has 0 radical (unpaired) electrons. The average Bonchev–Trinajstić information content (AvgIpc) is 2.66. The molecule has 0 fully saturated rings. The van der Waals surface area contributed by atoms with Crippen molar-refractivity contribution in [3.8, 4) is 17.7 Å². The number of aromatic nitrogens is 2. The van der Waals surface area contributed by atoms with E-state index in [-0.39, 0.29) is 49.6 Å². The predicted octanol–water partition coefficient (Wildman–Crippen LogP) is 3.37. The van der Waals surface area contributed by atoms with Crippen molar-refractivity contribution in [3.05, 3.63) is 43.1 Å². The summed E-state index contributed by atoms with van der Waals surface area (Å²) < 4.78 is 5.62. The Morgan fingerprint density at radius 1 is 1.27 bits per heavy atom. The Labute approximate surface area is 184 Å². The van der Waals surface area contributed by atoms with E-state index >= 15 is 0 Å². The number of aliphatic hydroxyl groups excluding tert-OH is 1. The largest absolute Gasteiger partial charge is 0.433 e. The number of amides is 2. The van der Waals surface area contributed by atoms with Crippen LogP contribution in [0, 0.1) is 11.3 Å². The first-order valence-corrected chi connectivity index (χ1v) is 9.49. The van der Waals surface area contributed by atoms with E-state index in [0.29, 0.717) is 0 Å². The zero-order valence-electron chi connectivity index (χ0n) is 15.4. The summed E-state index contributed by atoms with van der Waals surface area (Å²) in [6, 6.07) is 3.49. The van der Waals surface area contributed by atoms with Crippen LogP contribution in [0.1, 0.15) is 25.3 Å². The van der Waals surface area contributed by atoms with Crippen LogP contribution in [0.5, 0.6) is 11.6 Å². The lowest BCUT2D eigenvalue weighted by Crippen LogP contribution is -2.51. The van der Waals surface area contributed by atoms with Crippen molar-refractivity contribution in [2.45, 2.75) is 26.0 Å². The molecule has 13 heteroatoms. The molecule has 0 saturated heterocycles. The van der Waals surface area contributed by atoms with Gasteiger partial charge in [0, 0.05) is 5.56 Å². The third kappa shape index (κ3) is 4.06. The third-order valence-corrected chi connectivity index (χ3v) is 4.89. The smallest absolute Gasteiger partial charge is 0.344 e. The van der Waals surface area contributed by atoms with Gasteiger partial charge in [-0.1, -0.05) is 48.7 Å². The number of nitrogens with one attached hydrogen (secondary N) is 2. The van der Waals surface area contributed by atoms with Crippen molar-refractivity contribution >= 4 is 52.2 Å². The Bertz CT molecular complexity index is 1130. The molecule has 2 amide bonds. The summed E-state index contributed by atoms with van der Waals surface area (Å²) in [5.74, 6) is -0.333. The number of nitriles is 1. The number of hydrogen-bond donors (Lipinski definition) is 3. The second-order valence-electron chi connectivity index (χ2n) is 6.34. The highest BCUT2D eigenvalue weighted by Crippen LogP contribution is 2.41. The minimum absolute atomic E-state index is 0.0117. The summed E-state index contributed by atoms with van der Waals surface area (Å²) in [7, 11) is 0. The quantitative estimate of drug-likeness (QED) is 0.623. The number of benzene rings is 1. The first kappa shape index (κ1) is 21.9. The number of H-pyrrole nitrogens is 1. The van der Waals surface area contributed by atoms with E-state index in [1.54, 1.807) is 19.9 Å². The molecule has 0 aliphatic carbocycles. The Morgan fingerprint density at radius 2 is 1.90 bits per heavy atom. The number of carbonyl (C=O) groups excluding carboxylic acids is 1. The van der Waals surface area contributed by atoms with E-state index in [4.69, 9.17) is 44.8 Å². The number of aromatic amines is 1. The van der Waals surface area contributed by atoms with Crippen LogP contribution in [-0.4, -0.2) is 33.3 Å². The minimum atomic E-state index is -1.52. The molecule has 1 aromatic carbocycles. The predicted molar refractivity (Wildman–Crippen MR) is 111 cm³/mol. The molecule has 0 spiro atoms. The Hall–Kier alpha value is -2.84. The lowest BCUT2D eigenvalue weighted by atomic mass is 10.1. The molecule has 0 bridgehead atoms. The summed E-state index contributed by atoms with van der Waals surface area (Å²) in [5.41, 5.74) is -0.378. The van der Waals surface area contributed by atoms with Gasteiger partial charge in [-0.2, -0.15) is 15.4 Å². The molecular weight excluding hydrogens is 459 g/mol. The molecular formula is C17H13Cl3N6O4. The Morgan fingerprint density at radius 3 is 2.47 bits per heavy atom. The molecule has 3 rings (SSSR count). The third-order valence-electron chi connectivity index (χ3n) is 3.97. The van der Waals surface area contributed by atoms with Gasteiger partial charge in [-0.3, -0.25) is 4.79 Å². The van der Waals surface area contributed by atoms with Gasteiger partial charge < -0.3 is 15.2 Å². The van der Waals surface area contributed by atoms with Gasteiger partial charge in [0.25, 0.3) is 11.4 Å². The molecule has 3 N–H and O–H groups in total. The minimum Gasteiger partial charge on any atom is -0.433 e. The van der Waals surface area contributed by atoms with Gasteiger partial charge in [0.15, 0.2) is 17.7 Å². The van der Waals surface area contributed by atoms with Gasteiger partial charge >= 0.3 is 6.03 Å². The van der Waals surface area contributed by atoms with Crippen molar-refractivity contribution in [3.63, 3.8) is 0 Å². The summed E-state index contributed by atoms with van der Waals surface area (Å²) in [6.45, 7) is 3.57. The van der Waals surface area contributed by atoms with Crippen molar-refractivity contribution in [2.24, 2.45) is 5.10 Å². The zero-order chi connectivity index (χ0) is 22.2. The molecule has 156 valence electrons. The molecule has 30 heavy (non-hydrogen) atoms. The maximum atomic E-state index is 12.1. The lowest BCUT2D eigenvalue weighted by molar-refractivity contribution is 0.190. The highest BCUT2D eigenvalue weighted by atomic mass is 35.5. The molecule has 0 saturated carbocycles. The second-order valence-corrected chi connectivity index (χ2v) is 7.53. The normalized spacial score (nSPS) is 16.2. The molecule has 1 aromatic heterocycles. The summed E-state index contributed by atoms with van der Waals surface area (Å²) in [6.07, 6.45) is -1.52. The van der Waals surface area contributed by atoms with Gasteiger partial charge in [0.1, 0.15) is 11.1 Å². The number of rotatable bonds is 4. The molecule has 2 aromatic rings. The van der Waals surface area contributed by atoms with E-state index in [1.165, 1.54) is 12.1 Å². The molecule has 2 heterocycles. The van der Waals surface area contributed by atoms with Crippen LogP contribution in [0.2, 0.25) is 15.1 Å². The van der Waals surface area contributed by atoms with E-state index in [9.17, 15) is 14.7 Å². The number of urea groups is 1. The van der Waals surface area contributed by atoms with E-state index in [2.05, 4.69) is 20.6 Å². The number of halogens is 3. The van der Waals surface area contributed by atoms with Gasteiger partial charge in [0.2, 0.25) is 0 Å². The van der Waals surface area contributed by atoms with Crippen LogP contribution >= 0.6 is 34.8 Å². The number of hydrogen-bond acceptors (Lipinski definition) is 7. The Balaban J connectivity index is 2.00. The number of hydrazone groups is 1. The molecule has 1 atom stereocenters. The standard InChI is InChI=1S/C17H13Cl3N6O4/c1-6(2)11-12(20)16(24-23-15(11)28)30-13-8(18)3-7(4-9(13)19)26-17(29)22-14(27)10(5-21)25-26/h3-4,6,14,27H,1-2H3,(H,22,29)(H,23,28). The number of nitrogens with zero attached hydrogens (tertiary/aromatic N) is 4. The molecule has 1 unspecified atom stereocenters. The summed E-state index contributed by atoms with van der Waals surface area (Å²) in [4.78, 5) is 24.0. The van der Waals surface area contributed by atoms with Crippen LogP contribution in [0.4, 0.5) is 10.5 Å². The number of carbonyl (C=O) groups is 1. The second kappa shape index (κ2) is 8.49. The molecule has 10 nitrogen and oxygen atoms in total. The zero-order valence-corrected chi connectivity index (χ0v) is 17.7. The van der Waals surface area contributed by atoms with Gasteiger partial charge in [-0.25, -0.2) is 9.89 Å². The van der Waals surface area contributed by atoms with E-state index in [1.807, 2.05) is 0 Å². The number of ether oxygens (including phenoxy) is 1. The first-order valence-electron chi connectivity index (χ1n) is 8.36. The van der Waals surface area contributed by atoms with Crippen molar-refractivity contribution in [1.29, 1.82) is 5.26 Å². The summed E-state index contributed by atoms with van der Waals surface area (Å²) >= 11 is 18.8. The summed E-state index contributed by atoms with van der Waals surface area (Å²) in [5, 5.41) is 31.4. The molecule has 1 aliphatic heterocycles. The van der Waals surface area contributed by atoms with Crippen LogP contribution in [0.3, 0.4) is 0 Å². The maximum Gasteiger partial charge on any atom is 0.344 e. The maximum absolute atomic E-state index is 12.1. The van der Waals surface area contributed by atoms with E-state index in [0.717, 1.165) is 5.01 Å². The average molecular weight is 472 g/mol. The fourth-order valence-electron chi connectivity index (χ4n) is 2.58. The fraction of sp³-hybridized carbons (Fsp3) is 0.235. The highest BCUT2D eigenvalue weighted by Gasteiger charge is 2.29. The van der Waals surface area contributed by atoms with Crippen LogP contribution in [-0.2, 0) is 0 Å². The van der Waals surface area contributed by atoms with Crippen LogP contribution in [0.25, 0.3) is 0 Å². The molecule has 1 aliphatic rings. The van der Waals surface area contributed by atoms with E-state index < -0.39 is 17.8 Å². The number of anilines is 1. The topological polar surface area (TPSA) is 144 Å². The number of aliphatic hydroxyl groups is 1. The monoisotopic (exact) mass is 470 g/mol. The van der Waals surface area contributed by atoms with Crippen molar-refractivity contribution < 1.29 is 14.6 Å². The van der Waals surface area contributed by atoms with Crippen molar-refractivity contribution in [1.82, 2.24) is 15.5 Å².